The number of benzene rings is 1. The highest BCUT2D eigenvalue weighted by molar-refractivity contribution is 6.33. The number of fused-ring (bicyclic) bond motifs is 1. The first-order valence-electron chi connectivity index (χ1n) is 5.63. The SMILES string of the molecule is COc1ccc2nc(-c3ccc(Cl)c(N)c3)cn2n1. The van der Waals surface area contributed by atoms with Gasteiger partial charge < -0.3 is 10.5 Å². The number of hydrogen-bond acceptors (Lipinski definition) is 4. The van der Waals surface area contributed by atoms with Crippen molar-refractivity contribution in [2.24, 2.45) is 0 Å². The van der Waals surface area contributed by atoms with Crippen LogP contribution in [0, 0.1) is 0 Å². The number of methoxy groups -OCH3 is 1. The number of aromatic nitrogens is 3. The quantitative estimate of drug-likeness (QED) is 0.730. The van der Waals surface area contributed by atoms with Crippen LogP contribution in [-0.2, 0) is 0 Å². The molecule has 2 heterocycles. The van der Waals surface area contributed by atoms with Crippen LogP contribution in [0.3, 0.4) is 0 Å². The van der Waals surface area contributed by atoms with Crippen LogP contribution in [0.1, 0.15) is 0 Å². The van der Waals surface area contributed by atoms with Gasteiger partial charge >= 0.3 is 0 Å². The number of hydrogen-bond donors (Lipinski definition) is 1. The molecule has 0 saturated heterocycles. The van der Waals surface area contributed by atoms with Crippen molar-refractivity contribution in [3.63, 3.8) is 0 Å². The van der Waals surface area contributed by atoms with Crippen molar-refractivity contribution in [2.45, 2.75) is 0 Å². The van der Waals surface area contributed by atoms with Crippen LogP contribution in [-0.4, -0.2) is 21.7 Å². The Morgan fingerprint density at radius 1 is 1.26 bits per heavy atom. The Hall–Kier alpha value is -2.27. The van der Waals surface area contributed by atoms with Gasteiger partial charge in [-0.2, -0.15) is 0 Å². The molecule has 0 radical (unpaired) electrons. The van der Waals surface area contributed by atoms with Crippen molar-refractivity contribution in [1.29, 1.82) is 0 Å². The largest absolute Gasteiger partial charge is 0.480 e. The Balaban J connectivity index is 2.11. The van der Waals surface area contributed by atoms with Crippen LogP contribution in [0.15, 0.2) is 36.5 Å². The average Bonchev–Trinajstić information content (AvgIpc) is 2.84. The van der Waals surface area contributed by atoms with E-state index < -0.39 is 0 Å². The second-order valence-corrected chi connectivity index (χ2v) is 4.45. The van der Waals surface area contributed by atoms with Crippen LogP contribution in [0.4, 0.5) is 5.69 Å². The number of ether oxygens (including phenoxy) is 1. The first kappa shape index (κ1) is 11.8. The summed E-state index contributed by atoms with van der Waals surface area (Å²) in [7, 11) is 1.58. The number of imidazole rings is 1. The van der Waals surface area contributed by atoms with E-state index in [0.29, 0.717) is 16.6 Å². The van der Waals surface area contributed by atoms with Gasteiger partial charge in [0, 0.05) is 11.6 Å². The number of nitrogens with zero attached hydrogens (tertiary/aromatic N) is 3. The van der Waals surface area contributed by atoms with Crippen LogP contribution in [0.2, 0.25) is 5.02 Å². The third-order valence-corrected chi connectivity index (χ3v) is 3.14. The van der Waals surface area contributed by atoms with Gasteiger partial charge in [0.25, 0.3) is 0 Å². The molecule has 0 aliphatic heterocycles. The maximum atomic E-state index is 5.91. The zero-order valence-electron chi connectivity index (χ0n) is 10.2. The fourth-order valence-corrected chi connectivity index (χ4v) is 1.93. The molecule has 2 N–H and O–H groups in total. The first-order valence-corrected chi connectivity index (χ1v) is 6.01. The van der Waals surface area contributed by atoms with E-state index in [1.165, 1.54) is 0 Å². The van der Waals surface area contributed by atoms with Crippen molar-refractivity contribution < 1.29 is 4.74 Å². The smallest absolute Gasteiger partial charge is 0.231 e. The molecule has 19 heavy (non-hydrogen) atoms. The van der Waals surface area contributed by atoms with Crippen molar-refractivity contribution in [2.75, 3.05) is 12.8 Å². The van der Waals surface area contributed by atoms with E-state index >= 15 is 0 Å². The Morgan fingerprint density at radius 3 is 2.84 bits per heavy atom. The van der Waals surface area contributed by atoms with E-state index in [-0.39, 0.29) is 0 Å². The molecular weight excluding hydrogens is 264 g/mol. The molecule has 0 unspecified atom stereocenters. The molecule has 0 saturated carbocycles. The second-order valence-electron chi connectivity index (χ2n) is 4.04. The second kappa shape index (κ2) is 4.44. The molecule has 6 heteroatoms. The van der Waals surface area contributed by atoms with Crippen LogP contribution < -0.4 is 10.5 Å². The summed E-state index contributed by atoms with van der Waals surface area (Å²) < 4.78 is 6.74. The number of nitrogen functional groups attached to an aromatic ring is 1. The van der Waals surface area contributed by atoms with Crippen molar-refractivity contribution >= 4 is 22.9 Å². The Morgan fingerprint density at radius 2 is 2.11 bits per heavy atom. The van der Waals surface area contributed by atoms with E-state index in [1.807, 2.05) is 18.3 Å². The van der Waals surface area contributed by atoms with E-state index in [1.54, 1.807) is 29.8 Å². The number of rotatable bonds is 2. The van der Waals surface area contributed by atoms with Gasteiger partial charge in [-0.05, 0) is 18.2 Å². The van der Waals surface area contributed by atoms with Gasteiger partial charge in [-0.3, -0.25) is 0 Å². The summed E-state index contributed by atoms with van der Waals surface area (Å²) in [6.07, 6.45) is 1.82. The lowest BCUT2D eigenvalue weighted by Gasteiger charge is -2.00. The van der Waals surface area contributed by atoms with Gasteiger partial charge in [0.2, 0.25) is 5.88 Å². The molecule has 0 aliphatic carbocycles. The summed E-state index contributed by atoms with van der Waals surface area (Å²) in [5.41, 5.74) is 8.74. The fraction of sp³-hybridized carbons (Fsp3) is 0.0769. The number of halogens is 1. The highest BCUT2D eigenvalue weighted by atomic mass is 35.5. The molecule has 0 atom stereocenters. The molecule has 0 spiro atoms. The predicted molar refractivity (Wildman–Crippen MR) is 74.4 cm³/mol. The van der Waals surface area contributed by atoms with Gasteiger partial charge in [-0.25, -0.2) is 9.50 Å². The molecule has 0 aliphatic rings. The third-order valence-electron chi connectivity index (χ3n) is 2.80. The Labute approximate surface area is 114 Å². The molecule has 3 rings (SSSR count). The van der Waals surface area contributed by atoms with Crippen LogP contribution >= 0.6 is 11.6 Å². The standard InChI is InChI=1S/C13H11ClN4O/c1-19-13-5-4-12-16-11(7-18(12)17-13)8-2-3-9(14)10(15)6-8/h2-7H,15H2,1H3. The third kappa shape index (κ3) is 2.08. The Kier molecular flexibility index (Phi) is 2.76. The van der Waals surface area contributed by atoms with Gasteiger partial charge in [0.1, 0.15) is 0 Å². The summed E-state index contributed by atoms with van der Waals surface area (Å²) in [4.78, 5) is 4.48. The minimum Gasteiger partial charge on any atom is -0.480 e. The zero-order valence-corrected chi connectivity index (χ0v) is 10.9. The monoisotopic (exact) mass is 274 g/mol. The predicted octanol–water partition coefficient (Wildman–Crippen LogP) is 2.64. The molecule has 0 bridgehead atoms. The zero-order chi connectivity index (χ0) is 13.4. The van der Waals surface area contributed by atoms with E-state index in [0.717, 1.165) is 16.9 Å². The molecule has 3 aromatic rings. The van der Waals surface area contributed by atoms with Gasteiger partial charge in [0.15, 0.2) is 5.65 Å². The maximum Gasteiger partial charge on any atom is 0.231 e. The highest BCUT2D eigenvalue weighted by Gasteiger charge is 2.07. The lowest BCUT2D eigenvalue weighted by atomic mass is 10.1. The normalized spacial score (nSPS) is 10.8. The van der Waals surface area contributed by atoms with Gasteiger partial charge in [0.05, 0.1) is 29.7 Å². The topological polar surface area (TPSA) is 65.4 Å². The van der Waals surface area contributed by atoms with Crippen molar-refractivity contribution in [3.05, 3.63) is 41.6 Å². The van der Waals surface area contributed by atoms with Gasteiger partial charge in [-0.15, -0.1) is 5.10 Å². The molecular formula is C13H11ClN4O. The molecule has 2 aromatic heterocycles. The summed E-state index contributed by atoms with van der Waals surface area (Å²) in [5.74, 6) is 0.534. The summed E-state index contributed by atoms with van der Waals surface area (Å²) in [5, 5.41) is 4.79. The average molecular weight is 275 g/mol. The highest BCUT2D eigenvalue weighted by Crippen LogP contribution is 2.26. The first-order chi connectivity index (χ1) is 9.17. The minimum atomic E-state index is 0.529. The molecule has 96 valence electrons. The Bertz CT molecular complexity index is 753. The van der Waals surface area contributed by atoms with E-state index in [9.17, 15) is 0 Å². The van der Waals surface area contributed by atoms with Crippen molar-refractivity contribution in [1.82, 2.24) is 14.6 Å². The lowest BCUT2D eigenvalue weighted by molar-refractivity contribution is 0.390. The molecule has 5 nitrogen and oxygen atoms in total. The molecule has 1 aromatic carbocycles. The maximum absolute atomic E-state index is 5.91. The fourth-order valence-electron chi connectivity index (χ4n) is 1.82. The van der Waals surface area contributed by atoms with Gasteiger partial charge in [-0.1, -0.05) is 17.7 Å². The van der Waals surface area contributed by atoms with Crippen LogP contribution in [0.25, 0.3) is 16.9 Å². The molecule has 0 fully saturated rings. The lowest BCUT2D eigenvalue weighted by Crippen LogP contribution is -1.93. The van der Waals surface area contributed by atoms with E-state index in [4.69, 9.17) is 22.1 Å². The van der Waals surface area contributed by atoms with Crippen LogP contribution in [0.5, 0.6) is 5.88 Å². The minimum absolute atomic E-state index is 0.529. The number of nitrogens with two attached hydrogens (primary N) is 1. The molecule has 0 amide bonds. The van der Waals surface area contributed by atoms with Crippen molar-refractivity contribution in [3.8, 4) is 17.1 Å². The summed E-state index contributed by atoms with van der Waals surface area (Å²) in [6, 6.07) is 9.03. The summed E-state index contributed by atoms with van der Waals surface area (Å²) in [6.45, 7) is 0. The summed E-state index contributed by atoms with van der Waals surface area (Å²) >= 11 is 5.91. The number of anilines is 1. The van der Waals surface area contributed by atoms with E-state index in [2.05, 4.69) is 10.1 Å².